The van der Waals surface area contributed by atoms with Crippen LogP contribution < -0.4 is 11.1 Å². The number of carbonyl (C=O) groups excluding carboxylic acids is 1. The summed E-state index contributed by atoms with van der Waals surface area (Å²) in [4.78, 5) is 15.9. The molecule has 96 valence electrons. The van der Waals surface area contributed by atoms with E-state index in [2.05, 4.69) is 17.2 Å². The third kappa shape index (κ3) is 4.56. The van der Waals surface area contributed by atoms with Gasteiger partial charge in [-0.25, -0.2) is 4.98 Å². The third-order valence-corrected chi connectivity index (χ3v) is 2.78. The number of nitrogens with one attached hydrogen (secondary N) is 1. The molecule has 1 amide bonds. The summed E-state index contributed by atoms with van der Waals surface area (Å²) in [6, 6.07) is 0. The van der Waals surface area contributed by atoms with E-state index < -0.39 is 0 Å². The smallest absolute Gasteiger partial charge is 0.240 e. The Bertz CT molecular complexity index is 370. The monoisotopic (exact) mass is 238 g/mol. The van der Waals surface area contributed by atoms with Crippen molar-refractivity contribution in [3.63, 3.8) is 0 Å². The Morgan fingerprint density at radius 1 is 1.59 bits per heavy atom. The Balaban J connectivity index is 2.50. The van der Waals surface area contributed by atoms with Crippen LogP contribution in [0.5, 0.6) is 0 Å². The van der Waals surface area contributed by atoms with Gasteiger partial charge in [-0.05, 0) is 26.8 Å². The van der Waals surface area contributed by atoms with Gasteiger partial charge in [0.1, 0.15) is 6.54 Å². The molecule has 3 N–H and O–H groups in total. The second kappa shape index (κ2) is 5.82. The Hall–Kier alpha value is -1.36. The van der Waals surface area contributed by atoms with E-state index in [9.17, 15) is 4.79 Å². The van der Waals surface area contributed by atoms with E-state index in [1.54, 1.807) is 10.9 Å². The summed E-state index contributed by atoms with van der Waals surface area (Å²) in [5.41, 5.74) is 6.21. The van der Waals surface area contributed by atoms with Crippen molar-refractivity contribution in [1.29, 1.82) is 0 Å². The van der Waals surface area contributed by atoms with Gasteiger partial charge < -0.3 is 15.6 Å². The Morgan fingerprint density at radius 2 is 2.29 bits per heavy atom. The third-order valence-electron chi connectivity index (χ3n) is 2.78. The van der Waals surface area contributed by atoms with Gasteiger partial charge in [0.2, 0.25) is 5.91 Å². The predicted molar refractivity (Wildman–Crippen MR) is 67.5 cm³/mol. The van der Waals surface area contributed by atoms with Gasteiger partial charge in [0.25, 0.3) is 0 Å². The molecule has 1 rings (SSSR count). The lowest BCUT2D eigenvalue weighted by Gasteiger charge is -2.24. The van der Waals surface area contributed by atoms with Crippen LogP contribution in [0.1, 0.15) is 32.9 Å². The molecule has 17 heavy (non-hydrogen) atoms. The molecule has 0 spiro atoms. The molecular formula is C12H22N4O. The summed E-state index contributed by atoms with van der Waals surface area (Å²) in [7, 11) is 0. The Kier molecular flexibility index (Phi) is 4.69. The van der Waals surface area contributed by atoms with Crippen molar-refractivity contribution in [2.45, 2.75) is 45.7 Å². The SMILES string of the molecule is CCC(C)(C)NC(=O)Cn1cnc(CCN)c1. The van der Waals surface area contributed by atoms with Crippen LogP contribution in [0.15, 0.2) is 12.5 Å². The van der Waals surface area contributed by atoms with Gasteiger partial charge in [-0.15, -0.1) is 0 Å². The largest absolute Gasteiger partial charge is 0.350 e. The minimum Gasteiger partial charge on any atom is -0.350 e. The molecule has 0 bridgehead atoms. The normalized spacial score (nSPS) is 11.5. The first kappa shape index (κ1) is 13.7. The maximum atomic E-state index is 11.8. The average Bonchev–Trinajstić information content (AvgIpc) is 2.65. The molecule has 0 unspecified atom stereocenters. The van der Waals surface area contributed by atoms with E-state index in [1.807, 2.05) is 20.0 Å². The van der Waals surface area contributed by atoms with Gasteiger partial charge in [-0.3, -0.25) is 4.79 Å². The summed E-state index contributed by atoms with van der Waals surface area (Å²) >= 11 is 0. The zero-order valence-corrected chi connectivity index (χ0v) is 10.9. The van der Waals surface area contributed by atoms with Crippen molar-refractivity contribution in [3.05, 3.63) is 18.2 Å². The fourth-order valence-electron chi connectivity index (χ4n) is 1.44. The summed E-state index contributed by atoms with van der Waals surface area (Å²) < 4.78 is 1.78. The number of hydrogen-bond donors (Lipinski definition) is 2. The first-order valence-electron chi connectivity index (χ1n) is 5.98. The molecule has 0 aromatic carbocycles. The lowest BCUT2D eigenvalue weighted by molar-refractivity contribution is -0.123. The maximum Gasteiger partial charge on any atom is 0.240 e. The zero-order valence-electron chi connectivity index (χ0n) is 10.9. The molecule has 5 nitrogen and oxygen atoms in total. The van der Waals surface area contributed by atoms with Crippen molar-refractivity contribution in [1.82, 2.24) is 14.9 Å². The Morgan fingerprint density at radius 3 is 2.88 bits per heavy atom. The van der Waals surface area contributed by atoms with E-state index in [0.29, 0.717) is 13.1 Å². The number of aromatic nitrogens is 2. The molecule has 0 aliphatic heterocycles. The number of hydrogen-bond acceptors (Lipinski definition) is 3. The van der Waals surface area contributed by atoms with Gasteiger partial charge in [0.15, 0.2) is 0 Å². The predicted octanol–water partition coefficient (Wildman–Crippen LogP) is 0.689. The van der Waals surface area contributed by atoms with Crippen LogP contribution in [0.4, 0.5) is 0 Å². The van der Waals surface area contributed by atoms with Crippen molar-refractivity contribution < 1.29 is 4.79 Å². The fourth-order valence-corrected chi connectivity index (χ4v) is 1.44. The molecule has 1 heterocycles. The highest BCUT2D eigenvalue weighted by Gasteiger charge is 2.17. The van der Waals surface area contributed by atoms with E-state index in [1.165, 1.54) is 0 Å². The van der Waals surface area contributed by atoms with Crippen LogP contribution in [0.3, 0.4) is 0 Å². The summed E-state index contributed by atoms with van der Waals surface area (Å²) in [5.74, 6) is 0.00792. The van der Waals surface area contributed by atoms with Crippen molar-refractivity contribution in [2.24, 2.45) is 5.73 Å². The lowest BCUT2D eigenvalue weighted by Crippen LogP contribution is -2.44. The van der Waals surface area contributed by atoms with E-state index in [0.717, 1.165) is 18.5 Å². The molecular weight excluding hydrogens is 216 g/mol. The van der Waals surface area contributed by atoms with Crippen LogP contribution in [0.2, 0.25) is 0 Å². The van der Waals surface area contributed by atoms with E-state index in [-0.39, 0.29) is 11.4 Å². The highest BCUT2D eigenvalue weighted by Crippen LogP contribution is 2.06. The minimum absolute atomic E-state index is 0.00792. The molecule has 0 aliphatic rings. The first-order valence-corrected chi connectivity index (χ1v) is 5.98. The lowest BCUT2D eigenvalue weighted by atomic mass is 10.0. The van der Waals surface area contributed by atoms with Crippen LogP contribution in [0.25, 0.3) is 0 Å². The molecule has 1 aromatic rings. The minimum atomic E-state index is -0.155. The molecule has 0 fully saturated rings. The highest BCUT2D eigenvalue weighted by atomic mass is 16.2. The van der Waals surface area contributed by atoms with Crippen LogP contribution in [-0.2, 0) is 17.8 Å². The summed E-state index contributed by atoms with van der Waals surface area (Å²) in [6.45, 7) is 6.96. The second-order valence-corrected chi connectivity index (χ2v) is 4.86. The van der Waals surface area contributed by atoms with E-state index in [4.69, 9.17) is 5.73 Å². The Labute approximate surface area is 102 Å². The number of nitrogens with two attached hydrogens (primary N) is 1. The molecule has 1 aromatic heterocycles. The molecule has 0 atom stereocenters. The zero-order chi connectivity index (χ0) is 12.9. The number of nitrogens with zero attached hydrogens (tertiary/aromatic N) is 2. The quantitative estimate of drug-likeness (QED) is 0.766. The maximum absolute atomic E-state index is 11.8. The topological polar surface area (TPSA) is 72.9 Å². The number of rotatable bonds is 6. The van der Waals surface area contributed by atoms with Crippen molar-refractivity contribution in [2.75, 3.05) is 6.54 Å². The first-order chi connectivity index (χ1) is 7.96. The van der Waals surface area contributed by atoms with Crippen molar-refractivity contribution in [3.8, 4) is 0 Å². The number of carbonyl (C=O) groups is 1. The van der Waals surface area contributed by atoms with Crippen molar-refractivity contribution >= 4 is 5.91 Å². The summed E-state index contributed by atoms with van der Waals surface area (Å²) in [6.07, 6.45) is 5.19. The second-order valence-electron chi connectivity index (χ2n) is 4.86. The van der Waals surface area contributed by atoms with Crippen LogP contribution in [0, 0.1) is 0 Å². The van der Waals surface area contributed by atoms with Crippen LogP contribution >= 0.6 is 0 Å². The van der Waals surface area contributed by atoms with Gasteiger partial charge in [-0.1, -0.05) is 6.92 Å². The molecule has 5 heteroatoms. The molecule has 0 saturated heterocycles. The van der Waals surface area contributed by atoms with Crippen LogP contribution in [-0.4, -0.2) is 27.5 Å². The fraction of sp³-hybridized carbons (Fsp3) is 0.667. The summed E-state index contributed by atoms with van der Waals surface area (Å²) in [5, 5.41) is 2.98. The van der Waals surface area contributed by atoms with E-state index >= 15 is 0 Å². The number of imidazole rings is 1. The molecule has 0 saturated carbocycles. The molecule has 0 radical (unpaired) electrons. The van der Waals surface area contributed by atoms with Gasteiger partial charge in [0.05, 0.1) is 12.0 Å². The highest BCUT2D eigenvalue weighted by molar-refractivity contribution is 5.76. The van der Waals surface area contributed by atoms with Gasteiger partial charge in [0, 0.05) is 18.2 Å². The number of amides is 1. The average molecular weight is 238 g/mol. The van der Waals surface area contributed by atoms with Gasteiger partial charge in [-0.2, -0.15) is 0 Å². The standard InChI is InChI=1S/C12H22N4O/c1-4-12(2,3)15-11(17)8-16-7-10(5-6-13)14-9-16/h7,9H,4-6,8,13H2,1-3H3,(H,15,17). The van der Waals surface area contributed by atoms with Gasteiger partial charge >= 0.3 is 0 Å². The molecule has 0 aliphatic carbocycles.